The first-order valence-electron chi connectivity index (χ1n) is 3.87. The monoisotopic (exact) mass is 182 g/mol. The predicted octanol–water partition coefficient (Wildman–Crippen LogP) is 1.50. The molecule has 0 heterocycles. The molecule has 0 aliphatic carbocycles. The quantitative estimate of drug-likeness (QED) is 0.568. The molecule has 0 aliphatic rings. The molecule has 0 unspecified atom stereocenters. The summed E-state index contributed by atoms with van der Waals surface area (Å²) < 4.78 is 0. The van der Waals surface area contributed by atoms with Crippen molar-refractivity contribution in [2.24, 2.45) is 0 Å². The van der Waals surface area contributed by atoms with Crippen LogP contribution in [0.3, 0.4) is 0 Å². The summed E-state index contributed by atoms with van der Waals surface area (Å²) in [4.78, 5) is 19.9. The van der Waals surface area contributed by atoms with Gasteiger partial charge in [0, 0.05) is 0 Å². The van der Waals surface area contributed by atoms with Gasteiger partial charge in [0.05, 0.1) is 6.61 Å². The van der Waals surface area contributed by atoms with Crippen molar-refractivity contribution in [3.8, 4) is 5.75 Å². The third kappa shape index (κ3) is 2.45. The van der Waals surface area contributed by atoms with Crippen LogP contribution in [0.25, 0.3) is 0 Å². The predicted molar refractivity (Wildman–Crippen MR) is 45.1 cm³/mol. The summed E-state index contributed by atoms with van der Waals surface area (Å²) in [5.41, 5.74) is 0.0935. The van der Waals surface area contributed by atoms with Crippen LogP contribution in [-0.4, -0.2) is 17.7 Å². The van der Waals surface area contributed by atoms with Gasteiger partial charge in [-0.25, -0.2) is 4.79 Å². The number of phenolic OH excluding ortho intramolecular Hbond substituents is 1. The van der Waals surface area contributed by atoms with Gasteiger partial charge in [-0.1, -0.05) is 12.1 Å². The van der Waals surface area contributed by atoms with Gasteiger partial charge in [0.15, 0.2) is 0 Å². The highest BCUT2D eigenvalue weighted by molar-refractivity contribution is 5.91. The molecule has 0 saturated heterocycles. The molecule has 0 bridgehead atoms. The maximum absolute atomic E-state index is 11.1. The van der Waals surface area contributed by atoms with E-state index >= 15 is 0 Å². The number of benzene rings is 1. The first-order valence-corrected chi connectivity index (χ1v) is 3.87. The molecule has 4 heteroatoms. The van der Waals surface area contributed by atoms with Crippen molar-refractivity contribution < 1.29 is 19.7 Å². The fourth-order valence-corrected chi connectivity index (χ4v) is 0.804. The van der Waals surface area contributed by atoms with E-state index in [1.54, 1.807) is 19.1 Å². The summed E-state index contributed by atoms with van der Waals surface area (Å²) in [7, 11) is 0. The summed E-state index contributed by atoms with van der Waals surface area (Å²) in [6, 6.07) is 6.11. The van der Waals surface area contributed by atoms with Gasteiger partial charge >= 0.3 is 5.97 Å². The number of hydrogen-bond acceptors (Lipinski definition) is 4. The lowest BCUT2D eigenvalue weighted by Crippen LogP contribution is -2.05. The zero-order valence-corrected chi connectivity index (χ0v) is 7.19. The Morgan fingerprint density at radius 1 is 1.46 bits per heavy atom. The Bertz CT molecular complexity index is 295. The van der Waals surface area contributed by atoms with Crippen molar-refractivity contribution in [1.82, 2.24) is 0 Å². The van der Waals surface area contributed by atoms with Crippen molar-refractivity contribution in [3.05, 3.63) is 29.8 Å². The van der Waals surface area contributed by atoms with Crippen LogP contribution in [0, 0.1) is 0 Å². The lowest BCUT2D eigenvalue weighted by atomic mass is 10.2. The maximum Gasteiger partial charge on any atom is 0.376 e. The minimum Gasteiger partial charge on any atom is -0.507 e. The SMILES string of the molecule is CCOOC(=O)c1ccccc1O. The van der Waals surface area contributed by atoms with Crippen molar-refractivity contribution in [1.29, 1.82) is 0 Å². The number of carbonyl (C=O) groups is 1. The molecule has 13 heavy (non-hydrogen) atoms. The number of rotatable bonds is 3. The number of carbonyl (C=O) groups excluding carboxylic acids is 1. The Kier molecular flexibility index (Phi) is 3.28. The van der Waals surface area contributed by atoms with Crippen molar-refractivity contribution >= 4 is 5.97 Å². The largest absolute Gasteiger partial charge is 0.507 e. The molecular formula is C9H10O4. The van der Waals surface area contributed by atoms with E-state index in [9.17, 15) is 9.90 Å². The number of phenols is 1. The fraction of sp³-hybridized carbons (Fsp3) is 0.222. The van der Waals surface area contributed by atoms with Crippen LogP contribution in [-0.2, 0) is 9.78 Å². The van der Waals surface area contributed by atoms with Gasteiger partial charge in [-0.15, -0.1) is 0 Å². The van der Waals surface area contributed by atoms with Crippen molar-refractivity contribution in [3.63, 3.8) is 0 Å². The van der Waals surface area contributed by atoms with Crippen LogP contribution in [0.5, 0.6) is 5.75 Å². The summed E-state index contributed by atoms with van der Waals surface area (Å²) >= 11 is 0. The zero-order chi connectivity index (χ0) is 9.68. The molecule has 0 saturated carbocycles. The third-order valence-electron chi connectivity index (χ3n) is 1.38. The van der Waals surface area contributed by atoms with Gasteiger partial charge in [-0.3, -0.25) is 4.89 Å². The molecule has 0 fully saturated rings. The molecule has 4 nitrogen and oxygen atoms in total. The first-order chi connectivity index (χ1) is 6.25. The number of para-hydroxylation sites is 1. The van der Waals surface area contributed by atoms with Crippen LogP contribution in [0.15, 0.2) is 24.3 Å². The van der Waals surface area contributed by atoms with Gasteiger partial charge in [-0.05, 0) is 19.1 Å². The van der Waals surface area contributed by atoms with Gasteiger partial charge in [0.2, 0.25) is 0 Å². The van der Waals surface area contributed by atoms with Crippen molar-refractivity contribution in [2.45, 2.75) is 6.92 Å². The molecule has 1 N–H and O–H groups in total. The normalized spacial score (nSPS) is 9.62. The fourth-order valence-electron chi connectivity index (χ4n) is 0.804. The van der Waals surface area contributed by atoms with Crippen LogP contribution in [0.2, 0.25) is 0 Å². The summed E-state index contributed by atoms with van der Waals surface area (Å²) in [5, 5.41) is 9.22. The van der Waals surface area contributed by atoms with E-state index in [4.69, 9.17) is 0 Å². The second kappa shape index (κ2) is 4.47. The molecule has 0 radical (unpaired) electrons. The van der Waals surface area contributed by atoms with Crippen LogP contribution < -0.4 is 0 Å². The molecule has 0 spiro atoms. The highest BCUT2D eigenvalue weighted by Crippen LogP contribution is 2.16. The van der Waals surface area contributed by atoms with E-state index in [1.165, 1.54) is 12.1 Å². The second-order valence-electron chi connectivity index (χ2n) is 2.29. The van der Waals surface area contributed by atoms with Gasteiger partial charge in [-0.2, -0.15) is 4.89 Å². The number of hydrogen-bond donors (Lipinski definition) is 1. The Morgan fingerprint density at radius 3 is 2.77 bits per heavy atom. The molecule has 0 aromatic heterocycles. The molecule has 0 atom stereocenters. The van der Waals surface area contributed by atoms with E-state index < -0.39 is 5.97 Å². The molecule has 0 aliphatic heterocycles. The lowest BCUT2D eigenvalue weighted by Gasteiger charge is -2.02. The summed E-state index contributed by atoms with van der Waals surface area (Å²) in [6.45, 7) is 1.97. The van der Waals surface area contributed by atoms with E-state index in [-0.39, 0.29) is 17.9 Å². The molecular weight excluding hydrogens is 172 g/mol. The summed E-state index contributed by atoms with van der Waals surface area (Å²) in [6.07, 6.45) is 0. The average molecular weight is 182 g/mol. The van der Waals surface area contributed by atoms with E-state index in [1.807, 2.05) is 0 Å². The van der Waals surface area contributed by atoms with Crippen LogP contribution in [0.1, 0.15) is 17.3 Å². The molecule has 1 rings (SSSR count). The summed E-state index contributed by atoms with van der Waals surface area (Å²) in [5.74, 6) is -0.813. The van der Waals surface area contributed by atoms with E-state index in [0.717, 1.165) is 0 Å². The zero-order valence-electron chi connectivity index (χ0n) is 7.19. The minimum atomic E-state index is -0.694. The lowest BCUT2D eigenvalue weighted by molar-refractivity contribution is -0.236. The molecule has 1 aromatic rings. The Morgan fingerprint density at radius 2 is 2.15 bits per heavy atom. The van der Waals surface area contributed by atoms with E-state index in [2.05, 4.69) is 9.78 Å². The van der Waals surface area contributed by atoms with Crippen molar-refractivity contribution in [2.75, 3.05) is 6.61 Å². The highest BCUT2D eigenvalue weighted by atomic mass is 17.2. The topological polar surface area (TPSA) is 55.8 Å². The second-order valence-corrected chi connectivity index (χ2v) is 2.29. The Hall–Kier alpha value is -1.55. The number of aromatic hydroxyl groups is 1. The first kappa shape index (κ1) is 9.54. The van der Waals surface area contributed by atoms with Gasteiger partial charge < -0.3 is 5.11 Å². The Balaban J connectivity index is 2.71. The molecule has 1 aromatic carbocycles. The molecule has 70 valence electrons. The third-order valence-corrected chi connectivity index (χ3v) is 1.38. The van der Waals surface area contributed by atoms with Crippen LogP contribution in [0.4, 0.5) is 0 Å². The van der Waals surface area contributed by atoms with E-state index in [0.29, 0.717) is 0 Å². The Labute approximate surface area is 75.6 Å². The average Bonchev–Trinajstić information content (AvgIpc) is 2.15. The molecule has 0 amide bonds. The van der Waals surface area contributed by atoms with Gasteiger partial charge in [0.25, 0.3) is 0 Å². The smallest absolute Gasteiger partial charge is 0.376 e. The highest BCUT2D eigenvalue weighted by Gasteiger charge is 2.11. The minimum absolute atomic E-state index is 0.0935. The standard InChI is InChI=1S/C9H10O4/c1-2-12-13-9(11)7-5-3-4-6-8(7)10/h3-6,10H,2H2,1H3. The van der Waals surface area contributed by atoms with Gasteiger partial charge in [0.1, 0.15) is 11.3 Å². The maximum atomic E-state index is 11.1. The van der Waals surface area contributed by atoms with Crippen LogP contribution >= 0.6 is 0 Å².